The minimum atomic E-state index is -5.30. The van der Waals surface area contributed by atoms with Crippen LogP contribution in [-0.4, -0.2) is 71.7 Å². The number of nitrogens with zero attached hydrogens (tertiary/aromatic N) is 3. The van der Waals surface area contributed by atoms with Gasteiger partial charge in [-0.3, -0.25) is 19.3 Å². The smallest absolute Gasteiger partial charge is 0.387 e. The highest BCUT2D eigenvalue weighted by Gasteiger charge is 2.46. The number of anilines is 1. The number of likely N-dealkylation sites (tertiary alicyclic amines) is 1. The molecule has 1 saturated heterocycles. The topological polar surface area (TPSA) is 134 Å². The first kappa shape index (κ1) is 37.0. The van der Waals surface area contributed by atoms with Gasteiger partial charge in [0.15, 0.2) is 0 Å². The molecule has 0 saturated carbocycles. The third-order valence-electron chi connectivity index (χ3n) is 8.78. The van der Waals surface area contributed by atoms with E-state index in [0.717, 1.165) is 18.4 Å². The SMILES string of the molecule is CCCN(CCC)C(=O)C1=Cc2ccc(C(=O)Nc3ccc([C@H]4CN(Cc5ccccc5)C[C@@H]4C(=O)OC(=O)C(F)(F)F)cc3)cc2N=C(N)C1. The molecule has 0 aromatic heterocycles. The highest BCUT2D eigenvalue weighted by Crippen LogP contribution is 2.36. The van der Waals surface area contributed by atoms with E-state index in [1.54, 1.807) is 48.5 Å². The van der Waals surface area contributed by atoms with Crippen molar-refractivity contribution in [3.8, 4) is 0 Å². The molecule has 1 fully saturated rings. The van der Waals surface area contributed by atoms with Gasteiger partial charge in [0.05, 0.1) is 11.6 Å². The average molecular weight is 704 g/mol. The molecule has 2 atom stereocenters. The number of carbonyl (C=O) groups excluding carboxylic acids is 4. The number of esters is 2. The number of ether oxygens (including phenoxy) is 1. The van der Waals surface area contributed by atoms with Crippen LogP contribution in [0.15, 0.2) is 83.4 Å². The number of aliphatic imine (C=N–C) groups is 1. The maximum absolute atomic E-state index is 13.3. The second kappa shape index (κ2) is 16.2. The molecule has 3 aromatic rings. The number of halogens is 3. The zero-order valence-corrected chi connectivity index (χ0v) is 28.4. The zero-order chi connectivity index (χ0) is 36.7. The summed E-state index contributed by atoms with van der Waals surface area (Å²) < 4.78 is 42.9. The Balaban J connectivity index is 1.31. The molecule has 51 heavy (non-hydrogen) atoms. The van der Waals surface area contributed by atoms with Crippen LogP contribution in [0, 0.1) is 5.92 Å². The van der Waals surface area contributed by atoms with Crippen molar-refractivity contribution in [1.29, 1.82) is 0 Å². The van der Waals surface area contributed by atoms with Crippen LogP contribution in [0.3, 0.4) is 0 Å². The van der Waals surface area contributed by atoms with Crippen molar-refractivity contribution in [2.45, 2.75) is 51.7 Å². The summed E-state index contributed by atoms with van der Waals surface area (Å²) >= 11 is 0. The van der Waals surface area contributed by atoms with Crippen LogP contribution in [0.25, 0.3) is 6.08 Å². The van der Waals surface area contributed by atoms with Crippen molar-refractivity contribution >= 4 is 47.0 Å². The van der Waals surface area contributed by atoms with E-state index in [4.69, 9.17) is 5.73 Å². The molecule has 3 N–H and O–H groups in total. The van der Waals surface area contributed by atoms with Crippen LogP contribution in [0.5, 0.6) is 0 Å². The van der Waals surface area contributed by atoms with Crippen LogP contribution in [0.4, 0.5) is 24.5 Å². The fourth-order valence-electron chi connectivity index (χ4n) is 6.40. The molecule has 0 radical (unpaired) electrons. The standard InChI is InChI=1S/C38H40F3N5O5/c1-3-16-46(17-4-2)35(48)28-18-26-10-11-27(19-32(26)44-33(42)20-28)34(47)43-29-14-12-25(13-15-29)30-22-45(21-24-8-6-5-7-9-24)23-31(30)36(49)51-37(50)38(39,40)41/h5-15,18-19,30-31H,3-4,16-17,20-23H2,1-2H3,(H2,42,44)(H,43,47)/t30-,31+/m1/s1. The Morgan fingerprint density at radius 2 is 1.65 bits per heavy atom. The fourth-order valence-corrected chi connectivity index (χ4v) is 6.40. The Morgan fingerprint density at radius 1 is 0.961 bits per heavy atom. The van der Waals surface area contributed by atoms with Gasteiger partial charge in [-0.05, 0) is 54.3 Å². The van der Waals surface area contributed by atoms with Gasteiger partial charge >= 0.3 is 18.1 Å². The van der Waals surface area contributed by atoms with Crippen LogP contribution >= 0.6 is 0 Å². The number of fused-ring (bicyclic) bond motifs is 1. The van der Waals surface area contributed by atoms with Crippen LogP contribution in [-0.2, 0) is 25.7 Å². The summed E-state index contributed by atoms with van der Waals surface area (Å²) in [6.07, 6.45) is -1.68. The average Bonchev–Trinajstić information content (AvgIpc) is 3.44. The molecular weight excluding hydrogens is 663 g/mol. The molecule has 3 aromatic carbocycles. The summed E-state index contributed by atoms with van der Waals surface area (Å²) in [5.74, 6) is -5.65. The third kappa shape index (κ3) is 9.28. The van der Waals surface area contributed by atoms with E-state index in [2.05, 4.69) is 15.0 Å². The number of hydrogen-bond acceptors (Lipinski definition) is 8. The largest absolute Gasteiger partial charge is 0.491 e. The van der Waals surface area contributed by atoms with E-state index in [-0.39, 0.29) is 24.7 Å². The second-order valence-corrected chi connectivity index (χ2v) is 12.7. The summed E-state index contributed by atoms with van der Waals surface area (Å²) in [5, 5.41) is 2.83. The molecule has 2 amide bonds. The Bertz CT molecular complexity index is 1820. The number of rotatable bonds is 11. The van der Waals surface area contributed by atoms with E-state index in [1.165, 1.54) is 0 Å². The number of alkyl halides is 3. The first-order chi connectivity index (χ1) is 24.4. The van der Waals surface area contributed by atoms with Crippen molar-refractivity contribution in [1.82, 2.24) is 9.80 Å². The zero-order valence-electron chi connectivity index (χ0n) is 28.4. The van der Waals surface area contributed by atoms with E-state index in [1.807, 2.05) is 54.0 Å². The summed E-state index contributed by atoms with van der Waals surface area (Å²) in [6.45, 7) is 6.17. The molecule has 0 bridgehead atoms. The highest BCUT2D eigenvalue weighted by molar-refractivity contribution is 6.08. The Hall–Kier alpha value is -5.30. The predicted octanol–water partition coefficient (Wildman–Crippen LogP) is 6.21. The number of nitrogens with two attached hydrogens (primary N) is 1. The lowest BCUT2D eigenvalue weighted by atomic mass is 9.89. The Kier molecular flexibility index (Phi) is 11.7. The number of benzene rings is 3. The summed E-state index contributed by atoms with van der Waals surface area (Å²) in [6, 6.07) is 21.0. The Labute approximate surface area is 294 Å². The first-order valence-electron chi connectivity index (χ1n) is 16.8. The number of nitrogens with one attached hydrogen (secondary N) is 1. The van der Waals surface area contributed by atoms with Gasteiger partial charge in [0, 0.05) is 67.4 Å². The summed E-state index contributed by atoms with van der Waals surface area (Å²) in [5.41, 5.74) is 10.2. The van der Waals surface area contributed by atoms with Crippen molar-refractivity contribution in [3.05, 3.63) is 101 Å². The molecule has 10 nitrogen and oxygen atoms in total. The second-order valence-electron chi connectivity index (χ2n) is 12.7. The van der Waals surface area contributed by atoms with Crippen LogP contribution < -0.4 is 11.1 Å². The van der Waals surface area contributed by atoms with Crippen molar-refractivity contribution in [3.63, 3.8) is 0 Å². The molecule has 13 heteroatoms. The van der Waals surface area contributed by atoms with Crippen LogP contribution in [0.2, 0.25) is 0 Å². The van der Waals surface area contributed by atoms with Crippen molar-refractivity contribution in [2.75, 3.05) is 31.5 Å². The van der Waals surface area contributed by atoms with E-state index in [0.29, 0.717) is 59.8 Å². The lowest BCUT2D eigenvalue weighted by Gasteiger charge is -2.22. The number of amides is 2. The molecule has 0 spiro atoms. The van der Waals surface area contributed by atoms with Gasteiger partial charge in [-0.15, -0.1) is 0 Å². The van der Waals surface area contributed by atoms with Crippen molar-refractivity contribution < 1.29 is 37.1 Å². The van der Waals surface area contributed by atoms with Gasteiger partial charge in [-0.2, -0.15) is 13.2 Å². The maximum Gasteiger partial charge on any atom is 0.491 e. The third-order valence-corrected chi connectivity index (χ3v) is 8.78. The highest BCUT2D eigenvalue weighted by atomic mass is 19.4. The maximum atomic E-state index is 13.3. The van der Waals surface area contributed by atoms with Gasteiger partial charge < -0.3 is 20.7 Å². The lowest BCUT2D eigenvalue weighted by molar-refractivity contribution is -0.203. The lowest BCUT2D eigenvalue weighted by Crippen LogP contribution is -2.34. The van der Waals surface area contributed by atoms with E-state index < -0.39 is 35.9 Å². The fraction of sp³-hybridized carbons (Fsp3) is 0.342. The molecule has 5 rings (SSSR count). The molecule has 2 aliphatic heterocycles. The Morgan fingerprint density at radius 3 is 2.29 bits per heavy atom. The predicted molar refractivity (Wildman–Crippen MR) is 187 cm³/mol. The quantitative estimate of drug-likeness (QED) is 0.179. The normalized spacial score (nSPS) is 17.4. The van der Waals surface area contributed by atoms with Gasteiger partial charge in [-0.25, -0.2) is 9.79 Å². The van der Waals surface area contributed by atoms with Gasteiger partial charge in [0.25, 0.3) is 5.91 Å². The molecular formula is C38H40F3N5O5. The molecule has 268 valence electrons. The van der Waals surface area contributed by atoms with Crippen molar-refractivity contribution in [2.24, 2.45) is 16.6 Å². The molecule has 0 unspecified atom stereocenters. The van der Waals surface area contributed by atoms with E-state index in [9.17, 15) is 32.3 Å². The molecule has 2 aliphatic rings. The van der Waals surface area contributed by atoms with E-state index >= 15 is 0 Å². The monoisotopic (exact) mass is 703 g/mol. The summed E-state index contributed by atoms with van der Waals surface area (Å²) in [4.78, 5) is 59.2. The van der Waals surface area contributed by atoms with Crippen LogP contribution in [0.1, 0.15) is 66.1 Å². The summed E-state index contributed by atoms with van der Waals surface area (Å²) in [7, 11) is 0. The molecule has 0 aliphatic carbocycles. The minimum absolute atomic E-state index is 0.0884. The van der Waals surface area contributed by atoms with Gasteiger partial charge in [-0.1, -0.05) is 62.4 Å². The molecule has 2 heterocycles. The first-order valence-corrected chi connectivity index (χ1v) is 16.8. The number of amidine groups is 1. The van der Waals surface area contributed by atoms with Gasteiger partial charge in [0.2, 0.25) is 5.91 Å². The minimum Gasteiger partial charge on any atom is -0.387 e. The number of hydrogen-bond donors (Lipinski definition) is 2. The number of carbonyl (C=O) groups is 4. The van der Waals surface area contributed by atoms with Gasteiger partial charge in [0.1, 0.15) is 5.84 Å².